The molecular weight excluding hydrogens is 264 g/mol. The van der Waals surface area contributed by atoms with Gasteiger partial charge in [0.1, 0.15) is 5.75 Å². The highest BCUT2D eigenvalue weighted by atomic mass is 16.5. The molecule has 1 rings (SSSR count). The largest absolute Gasteiger partial charge is 0.491 e. The van der Waals surface area contributed by atoms with Crippen LogP contribution in [0.2, 0.25) is 0 Å². The maximum absolute atomic E-state index is 12.2. The lowest BCUT2D eigenvalue weighted by Gasteiger charge is -2.23. The fourth-order valence-electron chi connectivity index (χ4n) is 2.10. The van der Waals surface area contributed by atoms with Crippen molar-refractivity contribution in [2.24, 2.45) is 11.7 Å². The average molecular weight is 292 g/mol. The summed E-state index contributed by atoms with van der Waals surface area (Å²) >= 11 is 0. The minimum Gasteiger partial charge on any atom is -0.491 e. The van der Waals surface area contributed by atoms with Crippen LogP contribution in [0.3, 0.4) is 0 Å². The minimum absolute atomic E-state index is 0.0939. The molecule has 0 aliphatic carbocycles. The predicted molar refractivity (Wildman–Crippen MR) is 86.2 cm³/mol. The molecule has 1 aromatic rings. The first kappa shape index (κ1) is 17.5. The molecule has 0 aromatic heterocycles. The first-order chi connectivity index (χ1) is 9.86. The van der Waals surface area contributed by atoms with Crippen LogP contribution >= 0.6 is 0 Å². The molecule has 21 heavy (non-hydrogen) atoms. The Labute approximate surface area is 128 Å². The van der Waals surface area contributed by atoms with Gasteiger partial charge in [0.15, 0.2) is 0 Å². The molecule has 3 atom stereocenters. The second kappa shape index (κ2) is 8.03. The number of carbonyl (C=O) groups excluding carboxylic acids is 1. The fraction of sp³-hybridized carbons (Fsp3) is 0.588. The third-order valence-corrected chi connectivity index (χ3v) is 3.67. The van der Waals surface area contributed by atoms with Crippen molar-refractivity contribution in [1.29, 1.82) is 0 Å². The summed E-state index contributed by atoms with van der Waals surface area (Å²) in [6.07, 6.45) is 0.979. The highest BCUT2D eigenvalue weighted by Gasteiger charge is 2.22. The van der Waals surface area contributed by atoms with E-state index in [1.54, 1.807) is 0 Å². The van der Waals surface area contributed by atoms with Gasteiger partial charge in [-0.3, -0.25) is 4.79 Å². The molecule has 4 heteroatoms. The molecule has 0 saturated heterocycles. The lowest BCUT2D eigenvalue weighted by molar-refractivity contribution is -0.124. The van der Waals surface area contributed by atoms with E-state index in [0.717, 1.165) is 17.7 Å². The molecule has 118 valence electrons. The summed E-state index contributed by atoms with van der Waals surface area (Å²) < 4.78 is 5.79. The number of amides is 1. The molecule has 3 N–H and O–H groups in total. The molecule has 0 spiro atoms. The van der Waals surface area contributed by atoms with Gasteiger partial charge in [-0.15, -0.1) is 0 Å². The summed E-state index contributed by atoms with van der Waals surface area (Å²) in [7, 11) is 0. The highest BCUT2D eigenvalue weighted by Crippen LogP contribution is 2.26. The second-order valence-electron chi connectivity index (χ2n) is 5.85. The van der Waals surface area contributed by atoms with Crippen LogP contribution in [0.5, 0.6) is 5.75 Å². The number of benzene rings is 1. The van der Waals surface area contributed by atoms with Crippen molar-refractivity contribution in [3.05, 3.63) is 29.8 Å². The van der Waals surface area contributed by atoms with Gasteiger partial charge in [-0.25, -0.2) is 0 Å². The third-order valence-electron chi connectivity index (χ3n) is 3.67. The molecule has 0 heterocycles. The second-order valence-corrected chi connectivity index (χ2v) is 5.85. The molecule has 1 amide bonds. The maximum atomic E-state index is 12.2. The summed E-state index contributed by atoms with van der Waals surface area (Å²) in [5.74, 6) is 0.855. The Bertz CT molecular complexity index is 460. The third kappa shape index (κ3) is 5.05. The first-order valence-corrected chi connectivity index (χ1v) is 7.68. The standard InChI is InChI=1S/C17H28N2O2/c1-6-12(4)16(18)17(20)19-13(5)14-9-7-8-10-15(14)21-11(2)3/h7-13,16H,6,18H2,1-5H3,(H,19,20)/t12-,13?,16-/m0/s1. The van der Waals surface area contributed by atoms with Crippen LogP contribution in [-0.4, -0.2) is 18.1 Å². The van der Waals surface area contributed by atoms with Gasteiger partial charge < -0.3 is 15.8 Å². The maximum Gasteiger partial charge on any atom is 0.237 e. The Morgan fingerprint density at radius 1 is 1.24 bits per heavy atom. The van der Waals surface area contributed by atoms with Crippen LogP contribution in [0.1, 0.15) is 52.6 Å². The molecule has 1 aromatic carbocycles. The molecule has 4 nitrogen and oxygen atoms in total. The van der Waals surface area contributed by atoms with E-state index in [9.17, 15) is 4.79 Å². The van der Waals surface area contributed by atoms with Crippen LogP contribution in [0, 0.1) is 5.92 Å². The van der Waals surface area contributed by atoms with Crippen LogP contribution in [0.4, 0.5) is 0 Å². The first-order valence-electron chi connectivity index (χ1n) is 7.68. The summed E-state index contributed by atoms with van der Waals surface area (Å²) in [6, 6.07) is 7.16. The Morgan fingerprint density at radius 3 is 2.43 bits per heavy atom. The van der Waals surface area contributed by atoms with Crippen molar-refractivity contribution < 1.29 is 9.53 Å². The summed E-state index contributed by atoms with van der Waals surface area (Å²) in [5, 5.41) is 2.98. The van der Waals surface area contributed by atoms with Crippen molar-refractivity contribution in [1.82, 2.24) is 5.32 Å². The quantitative estimate of drug-likeness (QED) is 0.812. The zero-order valence-electron chi connectivity index (χ0n) is 13.7. The molecular formula is C17H28N2O2. The van der Waals surface area contributed by atoms with Gasteiger partial charge in [0.25, 0.3) is 0 Å². The van der Waals surface area contributed by atoms with E-state index >= 15 is 0 Å². The lowest BCUT2D eigenvalue weighted by atomic mass is 9.98. The number of nitrogens with two attached hydrogens (primary N) is 1. The van der Waals surface area contributed by atoms with Gasteiger partial charge in [0.2, 0.25) is 5.91 Å². The number of ether oxygens (including phenoxy) is 1. The van der Waals surface area contributed by atoms with Crippen molar-refractivity contribution in [3.8, 4) is 5.75 Å². The van der Waals surface area contributed by atoms with Crippen LogP contribution in [0.15, 0.2) is 24.3 Å². The van der Waals surface area contributed by atoms with E-state index in [4.69, 9.17) is 10.5 Å². The predicted octanol–water partition coefficient (Wildman–Crippen LogP) is 3.02. The summed E-state index contributed by atoms with van der Waals surface area (Å²) in [6.45, 7) is 9.94. The Hall–Kier alpha value is -1.55. The number of rotatable bonds is 7. The molecule has 0 aliphatic heterocycles. The van der Waals surface area contributed by atoms with Gasteiger partial charge >= 0.3 is 0 Å². The van der Waals surface area contributed by atoms with Gasteiger partial charge in [-0.1, -0.05) is 38.5 Å². The van der Waals surface area contributed by atoms with Crippen LogP contribution < -0.4 is 15.8 Å². The zero-order chi connectivity index (χ0) is 16.0. The molecule has 0 saturated carbocycles. The summed E-state index contributed by atoms with van der Waals surface area (Å²) in [5.41, 5.74) is 6.94. The van der Waals surface area contributed by atoms with E-state index in [1.165, 1.54) is 0 Å². The van der Waals surface area contributed by atoms with Gasteiger partial charge in [0, 0.05) is 5.56 Å². The van der Waals surface area contributed by atoms with E-state index < -0.39 is 6.04 Å². The number of hydrogen-bond acceptors (Lipinski definition) is 3. The number of nitrogens with one attached hydrogen (secondary N) is 1. The minimum atomic E-state index is -0.476. The Balaban J connectivity index is 2.80. The normalized spacial score (nSPS) is 15.4. The average Bonchev–Trinajstić information content (AvgIpc) is 2.45. The van der Waals surface area contributed by atoms with Crippen LogP contribution in [-0.2, 0) is 4.79 Å². The van der Waals surface area contributed by atoms with Crippen molar-refractivity contribution in [2.45, 2.75) is 59.2 Å². The Morgan fingerprint density at radius 2 is 1.86 bits per heavy atom. The molecule has 0 bridgehead atoms. The monoisotopic (exact) mass is 292 g/mol. The van der Waals surface area contributed by atoms with E-state index in [2.05, 4.69) is 5.32 Å². The van der Waals surface area contributed by atoms with E-state index in [0.29, 0.717) is 0 Å². The van der Waals surface area contributed by atoms with Crippen molar-refractivity contribution in [2.75, 3.05) is 0 Å². The number of para-hydroxylation sites is 1. The van der Waals surface area contributed by atoms with Crippen LogP contribution in [0.25, 0.3) is 0 Å². The van der Waals surface area contributed by atoms with Crippen molar-refractivity contribution in [3.63, 3.8) is 0 Å². The lowest BCUT2D eigenvalue weighted by Crippen LogP contribution is -2.45. The molecule has 0 aliphatic rings. The SMILES string of the molecule is CC[C@H](C)[C@H](N)C(=O)NC(C)c1ccccc1OC(C)C. The fourth-order valence-corrected chi connectivity index (χ4v) is 2.10. The number of carbonyl (C=O) groups is 1. The van der Waals surface area contributed by atoms with E-state index in [-0.39, 0.29) is 24.0 Å². The zero-order valence-corrected chi connectivity index (χ0v) is 13.7. The topological polar surface area (TPSA) is 64.4 Å². The highest BCUT2D eigenvalue weighted by molar-refractivity contribution is 5.82. The summed E-state index contributed by atoms with van der Waals surface area (Å²) in [4.78, 5) is 12.2. The van der Waals surface area contributed by atoms with Gasteiger partial charge in [0.05, 0.1) is 18.2 Å². The smallest absolute Gasteiger partial charge is 0.237 e. The van der Waals surface area contributed by atoms with E-state index in [1.807, 2.05) is 58.9 Å². The molecule has 1 unspecified atom stereocenters. The molecule has 0 fully saturated rings. The van der Waals surface area contributed by atoms with Crippen molar-refractivity contribution >= 4 is 5.91 Å². The van der Waals surface area contributed by atoms with Gasteiger partial charge in [-0.2, -0.15) is 0 Å². The van der Waals surface area contributed by atoms with Gasteiger partial charge in [-0.05, 0) is 32.8 Å². The molecule has 0 radical (unpaired) electrons. The Kier molecular flexibility index (Phi) is 6.69. The number of hydrogen-bond donors (Lipinski definition) is 2.